The number of fused-ring (bicyclic) bond motifs is 6. The summed E-state index contributed by atoms with van der Waals surface area (Å²) in [7, 11) is -3.85. The van der Waals surface area contributed by atoms with Crippen molar-refractivity contribution in [2.24, 2.45) is 23.7 Å². The van der Waals surface area contributed by atoms with E-state index in [0.717, 1.165) is 24.2 Å². The number of hydrogen-bond acceptors (Lipinski definition) is 5. The van der Waals surface area contributed by atoms with Gasteiger partial charge in [-0.25, -0.2) is 8.42 Å². The van der Waals surface area contributed by atoms with E-state index in [1.165, 1.54) is 37.8 Å². The number of carbonyl (C=O) groups excluding carboxylic acids is 1. The van der Waals surface area contributed by atoms with Crippen molar-refractivity contribution in [2.75, 3.05) is 17.9 Å². The highest BCUT2D eigenvalue weighted by atomic mass is 32.2. The van der Waals surface area contributed by atoms with Crippen LogP contribution in [0.4, 0.5) is 5.69 Å². The van der Waals surface area contributed by atoms with Gasteiger partial charge in [0.05, 0.1) is 4.90 Å². The Balaban J connectivity index is 1.16. The monoisotopic (exact) mass is 468 g/mol. The van der Waals surface area contributed by atoms with Crippen molar-refractivity contribution < 1.29 is 22.7 Å². The van der Waals surface area contributed by atoms with E-state index in [9.17, 15) is 13.2 Å². The van der Waals surface area contributed by atoms with Gasteiger partial charge < -0.3 is 14.8 Å². The van der Waals surface area contributed by atoms with Gasteiger partial charge in [0.15, 0.2) is 11.5 Å². The second-order valence-corrected chi connectivity index (χ2v) is 11.4. The standard InChI is InChI=1S/C25H28N2O5S/c28-25(26-22-13-16-12-21(22)20-6-2-5-19(16)20)15-3-1-4-17(11-15)27-33(29,30)18-7-8-23-24(14-18)32-10-9-31-23/h1,3-4,7-8,11,14,16,19-22,27H,2,5-6,9-10,12-13H2,(H,26,28)/t16-,19+,20+,21+,22-/m1/s1. The molecule has 2 bridgehead atoms. The summed E-state index contributed by atoms with van der Waals surface area (Å²) in [6.07, 6.45) is 6.31. The predicted molar refractivity (Wildman–Crippen MR) is 123 cm³/mol. The molecule has 2 N–H and O–H groups in total. The Bertz CT molecular complexity index is 1200. The van der Waals surface area contributed by atoms with E-state index >= 15 is 0 Å². The number of amides is 1. The molecule has 0 aromatic heterocycles. The average molecular weight is 469 g/mol. The van der Waals surface area contributed by atoms with E-state index in [-0.39, 0.29) is 16.8 Å². The van der Waals surface area contributed by atoms with E-state index in [1.807, 2.05) is 0 Å². The van der Waals surface area contributed by atoms with E-state index in [1.54, 1.807) is 30.3 Å². The summed E-state index contributed by atoms with van der Waals surface area (Å²) in [6, 6.07) is 11.4. The summed E-state index contributed by atoms with van der Waals surface area (Å²) in [4.78, 5) is 13.1. The molecule has 2 aromatic carbocycles. The third-order valence-corrected chi connectivity index (χ3v) is 9.33. The number of benzene rings is 2. The number of ether oxygens (including phenoxy) is 2. The third-order valence-electron chi connectivity index (χ3n) is 7.95. The molecule has 174 valence electrons. The molecule has 4 aliphatic rings. The average Bonchev–Trinajstić information content (AvgIpc) is 3.53. The van der Waals surface area contributed by atoms with Crippen LogP contribution in [0, 0.1) is 23.7 Å². The fourth-order valence-corrected chi connectivity index (χ4v) is 7.68. The highest BCUT2D eigenvalue weighted by Crippen LogP contribution is 2.58. The van der Waals surface area contributed by atoms with Crippen molar-refractivity contribution in [3.8, 4) is 11.5 Å². The first kappa shape index (κ1) is 20.8. The zero-order valence-electron chi connectivity index (χ0n) is 18.3. The second-order valence-electron chi connectivity index (χ2n) is 9.73. The van der Waals surface area contributed by atoms with Crippen LogP contribution < -0.4 is 19.5 Å². The lowest BCUT2D eigenvalue weighted by Gasteiger charge is -2.32. The van der Waals surface area contributed by atoms with E-state index in [0.29, 0.717) is 41.9 Å². The first-order valence-electron chi connectivity index (χ1n) is 11.8. The minimum atomic E-state index is -3.85. The number of anilines is 1. The lowest BCUT2D eigenvalue weighted by atomic mass is 9.79. The number of carbonyl (C=O) groups is 1. The Morgan fingerprint density at radius 1 is 0.909 bits per heavy atom. The number of rotatable bonds is 5. The van der Waals surface area contributed by atoms with Gasteiger partial charge in [0, 0.05) is 23.4 Å². The van der Waals surface area contributed by atoms with E-state index in [2.05, 4.69) is 10.0 Å². The lowest BCUT2D eigenvalue weighted by molar-refractivity contribution is 0.0901. The highest BCUT2D eigenvalue weighted by Gasteiger charge is 2.54. The van der Waals surface area contributed by atoms with Gasteiger partial charge in [0.25, 0.3) is 15.9 Å². The van der Waals surface area contributed by atoms with Crippen molar-refractivity contribution in [3.05, 3.63) is 48.0 Å². The van der Waals surface area contributed by atoms with Crippen molar-refractivity contribution >= 4 is 21.6 Å². The van der Waals surface area contributed by atoms with Crippen LogP contribution in [-0.4, -0.2) is 33.6 Å². The molecule has 3 saturated carbocycles. The fourth-order valence-electron chi connectivity index (χ4n) is 6.61. The van der Waals surface area contributed by atoms with Gasteiger partial charge in [0.1, 0.15) is 13.2 Å². The molecular weight excluding hydrogens is 440 g/mol. The predicted octanol–water partition coefficient (Wildman–Crippen LogP) is 3.81. The van der Waals surface area contributed by atoms with Crippen LogP contribution in [0.15, 0.2) is 47.4 Å². The molecule has 5 atom stereocenters. The summed E-state index contributed by atoms with van der Waals surface area (Å²) >= 11 is 0. The molecule has 0 radical (unpaired) electrons. The van der Waals surface area contributed by atoms with Gasteiger partial charge in [-0.05, 0) is 79.7 Å². The smallest absolute Gasteiger partial charge is 0.262 e. The molecule has 1 amide bonds. The minimum absolute atomic E-state index is 0.0784. The van der Waals surface area contributed by atoms with Crippen LogP contribution in [0.2, 0.25) is 0 Å². The summed E-state index contributed by atoms with van der Waals surface area (Å²) in [5, 5.41) is 3.25. The lowest BCUT2D eigenvalue weighted by Crippen LogP contribution is -2.42. The van der Waals surface area contributed by atoms with Crippen molar-refractivity contribution in [1.29, 1.82) is 0 Å². The molecule has 6 rings (SSSR count). The van der Waals surface area contributed by atoms with E-state index < -0.39 is 10.0 Å². The van der Waals surface area contributed by atoms with Gasteiger partial charge in [0.2, 0.25) is 0 Å². The van der Waals surface area contributed by atoms with E-state index in [4.69, 9.17) is 9.47 Å². The normalized spacial score (nSPS) is 29.5. The summed E-state index contributed by atoms with van der Waals surface area (Å²) in [5.74, 6) is 3.82. The summed E-state index contributed by atoms with van der Waals surface area (Å²) in [6.45, 7) is 0.820. The number of hydrogen-bond donors (Lipinski definition) is 2. The van der Waals surface area contributed by atoms with Gasteiger partial charge in [-0.15, -0.1) is 0 Å². The Hall–Kier alpha value is -2.74. The van der Waals surface area contributed by atoms with Crippen LogP contribution in [0.1, 0.15) is 42.5 Å². The topological polar surface area (TPSA) is 93.7 Å². The van der Waals surface area contributed by atoms with Crippen LogP contribution in [-0.2, 0) is 10.0 Å². The van der Waals surface area contributed by atoms with Crippen LogP contribution in [0.3, 0.4) is 0 Å². The van der Waals surface area contributed by atoms with Crippen LogP contribution >= 0.6 is 0 Å². The van der Waals surface area contributed by atoms with Gasteiger partial charge >= 0.3 is 0 Å². The quantitative estimate of drug-likeness (QED) is 0.696. The zero-order chi connectivity index (χ0) is 22.6. The second kappa shape index (κ2) is 7.94. The molecule has 7 nitrogen and oxygen atoms in total. The van der Waals surface area contributed by atoms with Crippen molar-refractivity contribution in [2.45, 2.75) is 43.0 Å². The SMILES string of the molecule is O=C(N[C@@H]1C[C@H]2C[C@H]1[C@H]1CCC[C@@H]21)c1cccc(NS(=O)(=O)c2ccc3c(c2)OCCO3)c1. The van der Waals surface area contributed by atoms with Crippen LogP contribution in [0.5, 0.6) is 11.5 Å². The Morgan fingerprint density at radius 3 is 2.61 bits per heavy atom. The van der Waals surface area contributed by atoms with Crippen molar-refractivity contribution in [3.63, 3.8) is 0 Å². The Morgan fingerprint density at radius 2 is 1.73 bits per heavy atom. The maximum atomic E-state index is 13.0. The third kappa shape index (κ3) is 3.74. The Kier molecular flexibility index (Phi) is 5.01. The first-order chi connectivity index (χ1) is 16.0. The molecule has 1 aliphatic heterocycles. The summed E-state index contributed by atoms with van der Waals surface area (Å²) in [5.41, 5.74) is 0.810. The first-order valence-corrected chi connectivity index (χ1v) is 13.3. The highest BCUT2D eigenvalue weighted by molar-refractivity contribution is 7.92. The maximum Gasteiger partial charge on any atom is 0.262 e. The van der Waals surface area contributed by atoms with Crippen LogP contribution in [0.25, 0.3) is 0 Å². The zero-order valence-corrected chi connectivity index (χ0v) is 19.1. The molecule has 3 aliphatic carbocycles. The molecule has 8 heteroatoms. The molecule has 0 unspecified atom stereocenters. The molecule has 33 heavy (non-hydrogen) atoms. The largest absolute Gasteiger partial charge is 0.486 e. The fraction of sp³-hybridized carbons (Fsp3) is 0.480. The van der Waals surface area contributed by atoms with Crippen molar-refractivity contribution in [1.82, 2.24) is 5.32 Å². The maximum absolute atomic E-state index is 13.0. The van der Waals surface area contributed by atoms with Gasteiger partial charge in [-0.2, -0.15) is 0 Å². The molecular formula is C25H28N2O5S. The molecule has 0 spiro atoms. The number of nitrogens with one attached hydrogen (secondary N) is 2. The molecule has 2 aromatic rings. The molecule has 1 heterocycles. The Labute approximate surface area is 193 Å². The number of sulfonamides is 1. The minimum Gasteiger partial charge on any atom is -0.486 e. The summed E-state index contributed by atoms with van der Waals surface area (Å²) < 4.78 is 39.4. The molecule has 3 fully saturated rings. The molecule has 0 saturated heterocycles. The van der Waals surface area contributed by atoms with Gasteiger partial charge in [-0.1, -0.05) is 12.5 Å². The van der Waals surface area contributed by atoms with Gasteiger partial charge in [-0.3, -0.25) is 9.52 Å².